The van der Waals surface area contributed by atoms with Crippen LogP contribution in [0.4, 0.5) is 0 Å². The SMILES string of the molecule is CCCCCCCC(O)C1CCc2ccccc2C1. The molecule has 1 aliphatic carbocycles. The molecule has 0 heterocycles. The van der Waals surface area contributed by atoms with Crippen molar-refractivity contribution in [2.24, 2.45) is 5.92 Å². The maximum atomic E-state index is 10.4. The summed E-state index contributed by atoms with van der Waals surface area (Å²) in [5.74, 6) is 0.487. The number of aliphatic hydroxyl groups is 1. The molecule has 1 N–H and O–H groups in total. The Kier molecular flexibility index (Phi) is 5.91. The molecule has 0 saturated carbocycles. The average molecular weight is 260 g/mol. The molecule has 1 aliphatic rings. The molecule has 1 nitrogen and oxygen atoms in total. The van der Waals surface area contributed by atoms with E-state index in [0.29, 0.717) is 5.92 Å². The topological polar surface area (TPSA) is 20.2 Å². The van der Waals surface area contributed by atoms with Gasteiger partial charge in [-0.2, -0.15) is 0 Å². The van der Waals surface area contributed by atoms with Crippen LogP contribution in [0.3, 0.4) is 0 Å². The van der Waals surface area contributed by atoms with Crippen LogP contribution in [0.5, 0.6) is 0 Å². The van der Waals surface area contributed by atoms with Gasteiger partial charge in [0, 0.05) is 0 Å². The summed E-state index contributed by atoms with van der Waals surface area (Å²) in [7, 11) is 0. The van der Waals surface area contributed by atoms with Crippen molar-refractivity contribution in [1.29, 1.82) is 0 Å². The summed E-state index contributed by atoms with van der Waals surface area (Å²) >= 11 is 0. The lowest BCUT2D eigenvalue weighted by molar-refractivity contribution is 0.0880. The van der Waals surface area contributed by atoms with Crippen LogP contribution in [0.15, 0.2) is 24.3 Å². The molecule has 0 bridgehead atoms. The van der Waals surface area contributed by atoms with E-state index in [1.165, 1.54) is 43.2 Å². The Balaban J connectivity index is 1.74. The maximum absolute atomic E-state index is 10.4. The van der Waals surface area contributed by atoms with E-state index in [0.717, 1.165) is 25.7 Å². The van der Waals surface area contributed by atoms with E-state index < -0.39 is 0 Å². The molecule has 0 amide bonds. The molecule has 1 heteroatoms. The highest BCUT2D eigenvalue weighted by Gasteiger charge is 2.24. The molecule has 1 aromatic rings. The predicted molar refractivity (Wildman–Crippen MR) is 81.3 cm³/mol. The van der Waals surface area contributed by atoms with Crippen molar-refractivity contribution in [2.45, 2.75) is 70.8 Å². The first kappa shape index (κ1) is 14.6. The van der Waals surface area contributed by atoms with Gasteiger partial charge >= 0.3 is 0 Å². The first-order valence-electron chi connectivity index (χ1n) is 8.06. The van der Waals surface area contributed by atoms with E-state index in [9.17, 15) is 5.11 Å². The molecule has 19 heavy (non-hydrogen) atoms. The first-order valence-corrected chi connectivity index (χ1v) is 8.06. The second kappa shape index (κ2) is 7.69. The fourth-order valence-corrected chi connectivity index (χ4v) is 3.25. The lowest BCUT2D eigenvalue weighted by Crippen LogP contribution is -2.26. The van der Waals surface area contributed by atoms with E-state index in [-0.39, 0.29) is 6.10 Å². The highest BCUT2D eigenvalue weighted by atomic mass is 16.3. The highest BCUT2D eigenvalue weighted by Crippen LogP contribution is 2.29. The first-order chi connectivity index (χ1) is 9.31. The minimum Gasteiger partial charge on any atom is -0.393 e. The standard InChI is InChI=1S/C18H28O/c1-2-3-4-5-6-11-18(19)17-13-12-15-9-7-8-10-16(15)14-17/h7-10,17-19H,2-6,11-14H2,1H3. The zero-order valence-electron chi connectivity index (χ0n) is 12.3. The van der Waals surface area contributed by atoms with Crippen molar-refractivity contribution in [1.82, 2.24) is 0 Å². The van der Waals surface area contributed by atoms with Crippen molar-refractivity contribution in [2.75, 3.05) is 0 Å². The summed E-state index contributed by atoms with van der Waals surface area (Å²) in [5, 5.41) is 10.4. The van der Waals surface area contributed by atoms with Gasteiger partial charge < -0.3 is 5.11 Å². The highest BCUT2D eigenvalue weighted by molar-refractivity contribution is 5.29. The molecule has 106 valence electrons. The Morgan fingerprint density at radius 2 is 1.84 bits per heavy atom. The number of unbranched alkanes of at least 4 members (excludes halogenated alkanes) is 4. The minimum absolute atomic E-state index is 0.0880. The summed E-state index contributed by atoms with van der Waals surface area (Å²) in [6, 6.07) is 8.72. The van der Waals surface area contributed by atoms with Crippen LogP contribution in [0, 0.1) is 5.92 Å². The normalized spacial score (nSPS) is 20.0. The molecule has 2 rings (SSSR count). The van der Waals surface area contributed by atoms with Gasteiger partial charge in [0.2, 0.25) is 0 Å². The van der Waals surface area contributed by atoms with Crippen molar-refractivity contribution in [3.8, 4) is 0 Å². The molecular formula is C18H28O. The van der Waals surface area contributed by atoms with Gasteiger partial charge in [-0.1, -0.05) is 63.3 Å². The Hall–Kier alpha value is -0.820. The van der Waals surface area contributed by atoms with Gasteiger partial charge in [-0.15, -0.1) is 0 Å². The lowest BCUT2D eigenvalue weighted by Gasteiger charge is -2.28. The summed E-state index contributed by atoms with van der Waals surface area (Å²) in [6.45, 7) is 2.24. The van der Waals surface area contributed by atoms with E-state index in [1.54, 1.807) is 0 Å². The van der Waals surface area contributed by atoms with E-state index >= 15 is 0 Å². The third-order valence-electron chi connectivity index (χ3n) is 4.53. The van der Waals surface area contributed by atoms with Gasteiger partial charge in [0.25, 0.3) is 0 Å². The molecule has 0 radical (unpaired) electrons. The third kappa shape index (κ3) is 4.35. The molecule has 1 aromatic carbocycles. The van der Waals surface area contributed by atoms with Gasteiger partial charge in [0.15, 0.2) is 0 Å². The number of hydrogen-bond acceptors (Lipinski definition) is 1. The summed E-state index contributed by atoms with van der Waals surface area (Å²) in [4.78, 5) is 0. The lowest BCUT2D eigenvalue weighted by atomic mass is 9.80. The van der Waals surface area contributed by atoms with Crippen LogP contribution in [0.1, 0.15) is 63.0 Å². The van der Waals surface area contributed by atoms with Gasteiger partial charge in [0.1, 0.15) is 0 Å². The number of benzene rings is 1. The summed E-state index contributed by atoms with van der Waals surface area (Å²) in [5.41, 5.74) is 2.96. The number of fused-ring (bicyclic) bond motifs is 1. The fourth-order valence-electron chi connectivity index (χ4n) is 3.25. The largest absolute Gasteiger partial charge is 0.393 e. The third-order valence-corrected chi connectivity index (χ3v) is 4.53. The zero-order valence-corrected chi connectivity index (χ0v) is 12.3. The fraction of sp³-hybridized carbons (Fsp3) is 0.667. The smallest absolute Gasteiger partial charge is 0.0571 e. The van der Waals surface area contributed by atoms with Crippen LogP contribution < -0.4 is 0 Å². The Labute approximate surface area is 118 Å². The number of hydrogen-bond donors (Lipinski definition) is 1. The molecule has 2 unspecified atom stereocenters. The molecule has 0 aliphatic heterocycles. The van der Waals surface area contributed by atoms with Crippen LogP contribution in [0.2, 0.25) is 0 Å². The quantitative estimate of drug-likeness (QED) is 0.715. The number of aryl methyl sites for hydroxylation is 1. The number of rotatable bonds is 7. The van der Waals surface area contributed by atoms with Crippen molar-refractivity contribution in [3.63, 3.8) is 0 Å². The van der Waals surface area contributed by atoms with Crippen molar-refractivity contribution >= 4 is 0 Å². The Bertz CT molecular complexity index is 372. The van der Waals surface area contributed by atoms with Crippen LogP contribution in [-0.2, 0) is 12.8 Å². The molecule has 0 fully saturated rings. The summed E-state index contributed by atoms with van der Waals surface area (Å²) in [6.07, 6.45) is 10.7. The van der Waals surface area contributed by atoms with Gasteiger partial charge in [0.05, 0.1) is 6.10 Å². The Morgan fingerprint density at radius 1 is 1.11 bits per heavy atom. The minimum atomic E-state index is -0.0880. The van der Waals surface area contributed by atoms with E-state index in [4.69, 9.17) is 0 Å². The second-order valence-corrected chi connectivity index (χ2v) is 6.04. The van der Waals surface area contributed by atoms with Gasteiger partial charge in [-0.25, -0.2) is 0 Å². The van der Waals surface area contributed by atoms with Crippen molar-refractivity contribution < 1.29 is 5.11 Å². The van der Waals surface area contributed by atoms with E-state index in [1.807, 2.05) is 0 Å². The molecule has 2 atom stereocenters. The predicted octanol–water partition coefficient (Wildman–Crippen LogP) is 4.51. The van der Waals surface area contributed by atoms with Crippen molar-refractivity contribution in [3.05, 3.63) is 35.4 Å². The van der Waals surface area contributed by atoms with Crippen LogP contribution >= 0.6 is 0 Å². The maximum Gasteiger partial charge on any atom is 0.0571 e. The van der Waals surface area contributed by atoms with Gasteiger partial charge in [-0.05, 0) is 42.7 Å². The van der Waals surface area contributed by atoms with E-state index in [2.05, 4.69) is 31.2 Å². The van der Waals surface area contributed by atoms with Crippen LogP contribution in [0.25, 0.3) is 0 Å². The number of aliphatic hydroxyl groups excluding tert-OH is 1. The molecule has 0 spiro atoms. The van der Waals surface area contributed by atoms with Crippen LogP contribution in [-0.4, -0.2) is 11.2 Å². The zero-order chi connectivity index (χ0) is 13.5. The molecular weight excluding hydrogens is 232 g/mol. The second-order valence-electron chi connectivity index (χ2n) is 6.04. The monoisotopic (exact) mass is 260 g/mol. The summed E-state index contributed by atoms with van der Waals surface area (Å²) < 4.78 is 0. The van der Waals surface area contributed by atoms with Gasteiger partial charge in [-0.3, -0.25) is 0 Å². The molecule has 0 aromatic heterocycles. The molecule has 0 saturated heterocycles. The average Bonchev–Trinajstić information content (AvgIpc) is 2.46. The Morgan fingerprint density at radius 3 is 2.63 bits per heavy atom.